The summed E-state index contributed by atoms with van der Waals surface area (Å²) in [6.45, 7) is -0.648. The lowest BCUT2D eigenvalue weighted by Crippen LogP contribution is -2.16. The van der Waals surface area contributed by atoms with Gasteiger partial charge in [-0.15, -0.1) is 0 Å². The molecule has 11 heteroatoms. The molecule has 0 fully saturated rings. The maximum absolute atomic E-state index is 12.1. The summed E-state index contributed by atoms with van der Waals surface area (Å²) in [5, 5.41) is 39.9. The minimum Gasteiger partial charge on any atom is -0.396 e. The summed E-state index contributed by atoms with van der Waals surface area (Å²) in [6.07, 6.45) is -1.16. The first kappa shape index (κ1) is 20.7. The number of benzene rings is 2. The maximum atomic E-state index is 12.1. The van der Waals surface area contributed by atoms with Gasteiger partial charge < -0.3 is 19.7 Å². The van der Waals surface area contributed by atoms with Gasteiger partial charge in [0.15, 0.2) is 0 Å². The van der Waals surface area contributed by atoms with Crippen LogP contribution < -0.4 is 9.47 Å². The van der Waals surface area contributed by atoms with Crippen LogP contribution in [0.4, 0.5) is 16.2 Å². The average molecular weight is 392 g/mol. The van der Waals surface area contributed by atoms with Crippen molar-refractivity contribution in [2.45, 2.75) is 12.8 Å². The molecule has 0 spiro atoms. The van der Waals surface area contributed by atoms with Gasteiger partial charge in [-0.1, -0.05) is 0 Å². The Labute approximate surface area is 158 Å². The summed E-state index contributed by atoms with van der Waals surface area (Å²) in [6, 6.07) is 7.01. The van der Waals surface area contributed by atoms with Crippen molar-refractivity contribution in [2.24, 2.45) is 0 Å². The van der Waals surface area contributed by atoms with Crippen LogP contribution in [0.3, 0.4) is 0 Å². The SMILES string of the molecule is O=C(Oc1ccc([N+](=O)[O-])cc1CCO)Oc1ccc([N+](=O)[O-])cc1CCO. The van der Waals surface area contributed by atoms with Crippen LogP contribution in [-0.2, 0) is 12.8 Å². The Morgan fingerprint density at radius 2 is 1.21 bits per heavy atom. The van der Waals surface area contributed by atoms with Gasteiger partial charge in [0.1, 0.15) is 11.5 Å². The number of hydrogen-bond acceptors (Lipinski definition) is 9. The largest absolute Gasteiger partial charge is 0.519 e. The van der Waals surface area contributed by atoms with E-state index in [1.54, 1.807) is 0 Å². The molecule has 0 bridgehead atoms. The van der Waals surface area contributed by atoms with Crippen LogP contribution in [0.25, 0.3) is 0 Å². The molecule has 0 heterocycles. The Morgan fingerprint density at radius 3 is 1.54 bits per heavy atom. The molecule has 148 valence electrons. The highest BCUT2D eigenvalue weighted by Gasteiger charge is 2.18. The summed E-state index contributed by atoms with van der Waals surface area (Å²) >= 11 is 0. The van der Waals surface area contributed by atoms with Crippen molar-refractivity contribution >= 4 is 17.5 Å². The molecule has 0 saturated heterocycles. The van der Waals surface area contributed by atoms with Gasteiger partial charge in [0, 0.05) is 48.6 Å². The highest BCUT2D eigenvalue weighted by Crippen LogP contribution is 2.27. The van der Waals surface area contributed by atoms with Crippen molar-refractivity contribution in [3.63, 3.8) is 0 Å². The molecule has 0 amide bonds. The van der Waals surface area contributed by atoms with Crippen LogP contribution >= 0.6 is 0 Å². The molecule has 0 radical (unpaired) electrons. The fourth-order valence-corrected chi connectivity index (χ4v) is 2.39. The maximum Gasteiger partial charge on any atom is 0.519 e. The number of aliphatic hydroxyl groups excluding tert-OH is 2. The Kier molecular flexibility index (Phi) is 6.96. The number of carbonyl (C=O) groups is 1. The Morgan fingerprint density at radius 1 is 0.821 bits per heavy atom. The van der Waals surface area contributed by atoms with Gasteiger partial charge in [0.2, 0.25) is 0 Å². The zero-order valence-corrected chi connectivity index (χ0v) is 14.4. The molecular formula is C17H16N2O9. The molecular weight excluding hydrogens is 376 g/mol. The van der Waals surface area contributed by atoms with Crippen LogP contribution in [0.2, 0.25) is 0 Å². The van der Waals surface area contributed by atoms with E-state index in [2.05, 4.69) is 0 Å². The molecule has 2 N–H and O–H groups in total. The first-order valence-electron chi connectivity index (χ1n) is 8.01. The standard InChI is InChI=1S/C17H16N2O9/c20-7-5-11-9-13(18(23)24)1-3-15(11)27-17(22)28-16-4-2-14(19(25)26)10-12(16)6-8-21/h1-4,9-10,20-21H,5-8H2. The molecule has 0 atom stereocenters. The second-order valence-corrected chi connectivity index (χ2v) is 5.50. The smallest absolute Gasteiger partial charge is 0.396 e. The number of nitro groups is 2. The molecule has 0 aliphatic heterocycles. The molecule has 0 unspecified atom stereocenters. The van der Waals surface area contributed by atoms with E-state index >= 15 is 0 Å². The van der Waals surface area contributed by atoms with Gasteiger partial charge in [-0.05, 0) is 25.0 Å². The Hall–Kier alpha value is -3.57. The van der Waals surface area contributed by atoms with Crippen LogP contribution in [0.15, 0.2) is 36.4 Å². The Balaban J connectivity index is 2.22. The highest BCUT2D eigenvalue weighted by atomic mass is 16.7. The van der Waals surface area contributed by atoms with Crippen LogP contribution in [0.5, 0.6) is 11.5 Å². The van der Waals surface area contributed by atoms with Crippen molar-refractivity contribution < 1.29 is 34.3 Å². The van der Waals surface area contributed by atoms with E-state index in [0.717, 1.165) is 12.1 Å². The number of rotatable bonds is 8. The molecule has 0 aliphatic rings. The predicted octanol–water partition coefficient (Wildman–Crippen LogP) is 2.15. The fraction of sp³-hybridized carbons (Fsp3) is 0.235. The normalized spacial score (nSPS) is 10.4. The van der Waals surface area contributed by atoms with Crippen LogP contribution in [-0.4, -0.2) is 39.4 Å². The third-order valence-corrected chi connectivity index (χ3v) is 3.66. The van der Waals surface area contributed by atoms with E-state index in [4.69, 9.17) is 19.7 Å². The minimum atomic E-state index is -1.18. The van der Waals surface area contributed by atoms with Crippen LogP contribution in [0.1, 0.15) is 11.1 Å². The van der Waals surface area contributed by atoms with Gasteiger partial charge >= 0.3 is 6.16 Å². The zero-order chi connectivity index (χ0) is 20.7. The molecule has 2 aromatic carbocycles. The minimum absolute atomic E-state index is 0.0115. The topological polar surface area (TPSA) is 162 Å². The van der Waals surface area contributed by atoms with Crippen molar-refractivity contribution in [1.29, 1.82) is 0 Å². The summed E-state index contributed by atoms with van der Waals surface area (Å²) in [4.78, 5) is 32.5. The Bertz CT molecular complexity index is 827. The lowest BCUT2D eigenvalue weighted by Gasteiger charge is -2.11. The van der Waals surface area contributed by atoms with Gasteiger partial charge in [-0.25, -0.2) is 4.79 Å². The lowest BCUT2D eigenvalue weighted by molar-refractivity contribution is -0.385. The van der Waals surface area contributed by atoms with E-state index in [9.17, 15) is 25.0 Å². The molecule has 11 nitrogen and oxygen atoms in total. The average Bonchev–Trinajstić information content (AvgIpc) is 2.64. The monoisotopic (exact) mass is 392 g/mol. The fourth-order valence-electron chi connectivity index (χ4n) is 2.39. The van der Waals surface area contributed by atoms with Gasteiger partial charge in [-0.3, -0.25) is 20.2 Å². The van der Waals surface area contributed by atoms with E-state index in [0.29, 0.717) is 0 Å². The molecule has 0 saturated carbocycles. The van der Waals surface area contributed by atoms with Gasteiger partial charge in [0.05, 0.1) is 9.85 Å². The van der Waals surface area contributed by atoms with E-state index < -0.39 is 16.0 Å². The summed E-state index contributed by atoms with van der Waals surface area (Å²) in [7, 11) is 0. The number of nitro benzene ring substituents is 2. The van der Waals surface area contributed by atoms with E-state index in [-0.39, 0.29) is 60.1 Å². The van der Waals surface area contributed by atoms with Gasteiger partial charge in [0.25, 0.3) is 11.4 Å². The second kappa shape index (κ2) is 9.39. The summed E-state index contributed by atoms with van der Waals surface area (Å²) in [5.41, 5.74) is -0.00426. The first-order valence-corrected chi connectivity index (χ1v) is 8.01. The number of ether oxygens (including phenoxy) is 2. The highest BCUT2D eigenvalue weighted by molar-refractivity contribution is 5.69. The number of nitrogens with zero attached hydrogens (tertiary/aromatic N) is 2. The number of aliphatic hydroxyl groups is 2. The quantitative estimate of drug-likeness (QED) is 0.296. The second-order valence-electron chi connectivity index (χ2n) is 5.50. The number of hydrogen-bond donors (Lipinski definition) is 2. The summed E-state index contributed by atoms with van der Waals surface area (Å²) < 4.78 is 10.1. The predicted molar refractivity (Wildman–Crippen MR) is 94.4 cm³/mol. The first-order chi connectivity index (χ1) is 13.3. The number of non-ortho nitro benzene ring substituents is 2. The van der Waals surface area contributed by atoms with E-state index in [1.807, 2.05) is 0 Å². The third kappa shape index (κ3) is 5.22. The van der Waals surface area contributed by atoms with Crippen molar-refractivity contribution in [3.05, 3.63) is 67.8 Å². The molecule has 2 rings (SSSR count). The molecule has 0 aromatic heterocycles. The molecule has 2 aromatic rings. The van der Waals surface area contributed by atoms with Crippen LogP contribution in [0, 0.1) is 20.2 Å². The molecule has 28 heavy (non-hydrogen) atoms. The van der Waals surface area contributed by atoms with Crippen molar-refractivity contribution in [3.8, 4) is 11.5 Å². The van der Waals surface area contributed by atoms with Crippen molar-refractivity contribution in [2.75, 3.05) is 13.2 Å². The lowest BCUT2D eigenvalue weighted by atomic mass is 10.1. The van der Waals surface area contributed by atoms with Crippen molar-refractivity contribution in [1.82, 2.24) is 0 Å². The summed E-state index contributed by atoms with van der Waals surface area (Å²) in [5.74, 6) is -0.0643. The zero-order valence-electron chi connectivity index (χ0n) is 14.4. The molecule has 0 aliphatic carbocycles. The van der Waals surface area contributed by atoms with Gasteiger partial charge in [-0.2, -0.15) is 0 Å². The third-order valence-electron chi connectivity index (χ3n) is 3.66. The van der Waals surface area contributed by atoms with E-state index in [1.165, 1.54) is 24.3 Å². The number of carbonyl (C=O) groups excluding carboxylic acids is 1.